The highest BCUT2D eigenvalue weighted by atomic mass is 35.5. The van der Waals surface area contributed by atoms with Crippen LogP contribution in [0.3, 0.4) is 0 Å². The first kappa shape index (κ1) is 7.44. The van der Waals surface area contributed by atoms with Crippen LogP contribution in [-0.2, 0) is 0 Å². The van der Waals surface area contributed by atoms with Crippen molar-refractivity contribution in [2.75, 3.05) is 0 Å². The van der Waals surface area contributed by atoms with Gasteiger partial charge in [0.1, 0.15) is 0 Å². The minimum Gasteiger partial charge on any atom is -0.387 e. The quantitative estimate of drug-likeness (QED) is 0.668. The van der Waals surface area contributed by atoms with Crippen LogP contribution >= 0.6 is 11.6 Å². The van der Waals surface area contributed by atoms with Gasteiger partial charge in [0.2, 0.25) is 0 Å². The number of aliphatic hydroxyl groups is 1. The second-order valence-corrected chi connectivity index (χ2v) is 2.34. The molecular weight excluding hydrogens is 152 g/mol. The molecule has 10 heavy (non-hydrogen) atoms. The van der Waals surface area contributed by atoms with E-state index in [0.717, 1.165) is 0 Å². The molecule has 54 valence electrons. The lowest BCUT2D eigenvalue weighted by molar-refractivity contribution is 0.193. The summed E-state index contributed by atoms with van der Waals surface area (Å²) in [6.07, 6.45) is -0.579. The van der Waals surface area contributed by atoms with Crippen molar-refractivity contribution in [1.29, 1.82) is 0 Å². The van der Waals surface area contributed by atoms with Gasteiger partial charge in [-0.15, -0.1) is 5.10 Å². The first-order valence-electron chi connectivity index (χ1n) is 2.87. The molecule has 1 unspecified atom stereocenters. The third-order valence-corrected chi connectivity index (χ3v) is 1.28. The molecule has 0 saturated carbocycles. The zero-order chi connectivity index (χ0) is 7.56. The van der Waals surface area contributed by atoms with Gasteiger partial charge in [0, 0.05) is 0 Å². The molecule has 3 nitrogen and oxygen atoms in total. The lowest BCUT2D eigenvalue weighted by atomic mass is 10.3. The van der Waals surface area contributed by atoms with Crippen molar-refractivity contribution >= 4 is 11.6 Å². The molecule has 4 heteroatoms. The van der Waals surface area contributed by atoms with Crippen LogP contribution in [0.2, 0.25) is 5.15 Å². The molecule has 0 aliphatic rings. The summed E-state index contributed by atoms with van der Waals surface area (Å²) in [5.41, 5.74) is 0.532. The predicted octanol–water partition coefficient (Wildman–Crippen LogP) is 1.18. The number of hydrogen-bond acceptors (Lipinski definition) is 3. The van der Waals surface area contributed by atoms with Crippen LogP contribution in [0.25, 0.3) is 0 Å². The van der Waals surface area contributed by atoms with Crippen molar-refractivity contribution in [3.05, 3.63) is 23.0 Å². The summed E-state index contributed by atoms with van der Waals surface area (Å²) in [5.74, 6) is 0. The number of hydrogen-bond donors (Lipinski definition) is 1. The van der Waals surface area contributed by atoms with E-state index in [1.165, 1.54) is 0 Å². The van der Waals surface area contributed by atoms with Crippen molar-refractivity contribution < 1.29 is 5.11 Å². The van der Waals surface area contributed by atoms with Crippen molar-refractivity contribution in [2.24, 2.45) is 0 Å². The molecule has 1 heterocycles. The third-order valence-electron chi connectivity index (χ3n) is 1.08. The summed E-state index contributed by atoms with van der Waals surface area (Å²) < 4.78 is 0. The molecule has 1 aromatic heterocycles. The molecule has 0 aliphatic heterocycles. The minimum atomic E-state index is -0.579. The lowest BCUT2D eigenvalue weighted by Gasteiger charge is -1.99. The largest absolute Gasteiger partial charge is 0.387 e. The van der Waals surface area contributed by atoms with Gasteiger partial charge in [-0.3, -0.25) is 0 Å². The first-order chi connectivity index (χ1) is 4.70. The highest BCUT2D eigenvalue weighted by Crippen LogP contribution is 2.08. The summed E-state index contributed by atoms with van der Waals surface area (Å²) in [6.45, 7) is 1.62. The van der Waals surface area contributed by atoms with Gasteiger partial charge in [-0.2, -0.15) is 5.10 Å². The van der Waals surface area contributed by atoms with Crippen molar-refractivity contribution in [2.45, 2.75) is 13.0 Å². The van der Waals surface area contributed by atoms with Gasteiger partial charge < -0.3 is 5.11 Å². The molecule has 0 aromatic carbocycles. The molecule has 0 spiro atoms. The Morgan fingerprint density at radius 3 is 2.60 bits per heavy atom. The van der Waals surface area contributed by atoms with Gasteiger partial charge in [0.15, 0.2) is 5.15 Å². The molecule has 0 amide bonds. The molecule has 0 radical (unpaired) electrons. The van der Waals surface area contributed by atoms with Crippen molar-refractivity contribution in [3.8, 4) is 0 Å². The van der Waals surface area contributed by atoms with E-state index in [1.807, 2.05) is 0 Å². The average molecular weight is 159 g/mol. The van der Waals surface area contributed by atoms with E-state index >= 15 is 0 Å². The Hall–Kier alpha value is -0.670. The van der Waals surface area contributed by atoms with Crippen LogP contribution in [0.15, 0.2) is 12.1 Å². The van der Waals surface area contributed by atoms with Crippen LogP contribution in [0.1, 0.15) is 18.7 Å². The van der Waals surface area contributed by atoms with E-state index in [4.69, 9.17) is 16.7 Å². The molecule has 0 fully saturated rings. The number of aliphatic hydroxyl groups excluding tert-OH is 1. The van der Waals surface area contributed by atoms with Crippen molar-refractivity contribution in [3.63, 3.8) is 0 Å². The zero-order valence-corrected chi connectivity index (χ0v) is 6.21. The maximum Gasteiger partial charge on any atom is 0.151 e. The Morgan fingerprint density at radius 2 is 2.20 bits per heavy atom. The summed E-state index contributed by atoms with van der Waals surface area (Å²) in [7, 11) is 0. The van der Waals surface area contributed by atoms with Crippen molar-refractivity contribution in [1.82, 2.24) is 10.2 Å². The highest BCUT2D eigenvalue weighted by molar-refractivity contribution is 6.29. The second-order valence-electron chi connectivity index (χ2n) is 1.96. The first-order valence-corrected chi connectivity index (χ1v) is 3.25. The molecule has 1 aromatic rings. The van der Waals surface area contributed by atoms with Crippen LogP contribution in [-0.4, -0.2) is 15.3 Å². The molecule has 0 aliphatic carbocycles. The normalized spacial score (nSPS) is 13.1. The Labute approximate surface area is 63.7 Å². The molecule has 0 saturated heterocycles. The summed E-state index contributed by atoms with van der Waals surface area (Å²) in [6, 6.07) is 3.23. The number of rotatable bonds is 1. The standard InChI is InChI=1S/C6H7ClN2O/c1-4(10)5-2-3-6(7)9-8-5/h2-4,10H,1H3. The Kier molecular flexibility index (Phi) is 2.19. The van der Waals surface area contributed by atoms with Crippen LogP contribution < -0.4 is 0 Å². The fourth-order valence-corrected chi connectivity index (χ4v) is 0.650. The Balaban J connectivity index is 2.89. The van der Waals surface area contributed by atoms with Crippen LogP contribution in [0, 0.1) is 0 Å². The van der Waals surface area contributed by atoms with E-state index in [2.05, 4.69) is 10.2 Å². The van der Waals surface area contributed by atoms with Gasteiger partial charge in [-0.05, 0) is 19.1 Å². The van der Waals surface area contributed by atoms with Gasteiger partial charge in [-0.25, -0.2) is 0 Å². The van der Waals surface area contributed by atoms with E-state index in [0.29, 0.717) is 10.8 Å². The van der Waals surface area contributed by atoms with E-state index in [-0.39, 0.29) is 0 Å². The molecule has 1 rings (SSSR count). The molecular formula is C6H7ClN2O. The summed E-state index contributed by atoms with van der Waals surface area (Å²) in [4.78, 5) is 0. The smallest absolute Gasteiger partial charge is 0.151 e. The summed E-state index contributed by atoms with van der Waals surface area (Å²) >= 11 is 5.46. The topological polar surface area (TPSA) is 46.0 Å². The van der Waals surface area contributed by atoms with Gasteiger partial charge in [0.05, 0.1) is 11.8 Å². The van der Waals surface area contributed by atoms with E-state index < -0.39 is 6.10 Å². The fraction of sp³-hybridized carbons (Fsp3) is 0.333. The second kappa shape index (κ2) is 2.94. The van der Waals surface area contributed by atoms with Gasteiger partial charge in [0.25, 0.3) is 0 Å². The van der Waals surface area contributed by atoms with Crippen LogP contribution in [0.5, 0.6) is 0 Å². The number of halogens is 1. The predicted molar refractivity (Wildman–Crippen MR) is 37.7 cm³/mol. The van der Waals surface area contributed by atoms with Gasteiger partial charge in [-0.1, -0.05) is 11.6 Å². The average Bonchev–Trinajstić information content (AvgIpc) is 1.88. The monoisotopic (exact) mass is 158 g/mol. The summed E-state index contributed by atoms with van der Waals surface area (Å²) in [5, 5.41) is 16.5. The third kappa shape index (κ3) is 1.65. The highest BCUT2D eigenvalue weighted by Gasteiger charge is 2.00. The maximum absolute atomic E-state index is 8.97. The number of aromatic nitrogens is 2. The maximum atomic E-state index is 8.97. The van der Waals surface area contributed by atoms with Crippen LogP contribution in [0.4, 0.5) is 0 Å². The molecule has 0 bridgehead atoms. The SMILES string of the molecule is CC(O)c1ccc(Cl)nn1. The lowest BCUT2D eigenvalue weighted by Crippen LogP contribution is -1.96. The number of nitrogens with zero attached hydrogens (tertiary/aromatic N) is 2. The van der Waals surface area contributed by atoms with Gasteiger partial charge >= 0.3 is 0 Å². The molecule has 1 atom stereocenters. The van der Waals surface area contributed by atoms with E-state index in [1.54, 1.807) is 19.1 Å². The fourth-order valence-electron chi connectivity index (χ4n) is 0.549. The Bertz CT molecular complexity index is 209. The minimum absolute atomic E-state index is 0.337. The van der Waals surface area contributed by atoms with E-state index in [9.17, 15) is 0 Å². The molecule has 1 N–H and O–H groups in total. The zero-order valence-electron chi connectivity index (χ0n) is 5.45. The Morgan fingerprint density at radius 1 is 1.50 bits per heavy atom.